The number of pyridine rings is 1. The first-order chi connectivity index (χ1) is 15.6. The van der Waals surface area contributed by atoms with E-state index < -0.39 is 0 Å². The average Bonchev–Trinajstić information content (AvgIpc) is 3.15. The van der Waals surface area contributed by atoms with Gasteiger partial charge in [-0.25, -0.2) is 9.67 Å². The largest absolute Gasteiger partial charge is 0.496 e. The van der Waals surface area contributed by atoms with E-state index in [1.54, 1.807) is 30.1 Å². The van der Waals surface area contributed by atoms with Crippen molar-refractivity contribution in [2.75, 3.05) is 12.4 Å². The van der Waals surface area contributed by atoms with E-state index in [1.165, 1.54) is 0 Å². The Balaban J connectivity index is 1.68. The van der Waals surface area contributed by atoms with Crippen LogP contribution in [0.3, 0.4) is 0 Å². The fourth-order valence-electron chi connectivity index (χ4n) is 3.33. The van der Waals surface area contributed by atoms with E-state index >= 15 is 0 Å². The molecule has 0 atom stereocenters. The molecule has 1 amide bonds. The van der Waals surface area contributed by atoms with Crippen molar-refractivity contribution < 1.29 is 9.53 Å². The van der Waals surface area contributed by atoms with Crippen molar-refractivity contribution in [2.24, 2.45) is 0 Å². The summed E-state index contributed by atoms with van der Waals surface area (Å²) >= 11 is 5.77. The molecule has 0 aliphatic heterocycles. The zero-order valence-corrected chi connectivity index (χ0v) is 18.7. The van der Waals surface area contributed by atoms with Gasteiger partial charge in [0, 0.05) is 18.3 Å². The highest BCUT2D eigenvalue weighted by Gasteiger charge is 2.18. The monoisotopic (exact) mass is 445 g/mol. The van der Waals surface area contributed by atoms with Crippen LogP contribution < -0.4 is 10.1 Å². The number of nitrogens with zero attached hydrogens (tertiary/aromatic N) is 4. The molecule has 0 unspecified atom stereocenters. The summed E-state index contributed by atoms with van der Waals surface area (Å²) in [5, 5.41) is 7.56. The van der Waals surface area contributed by atoms with E-state index in [-0.39, 0.29) is 12.3 Å². The lowest BCUT2D eigenvalue weighted by molar-refractivity contribution is -0.116. The zero-order chi connectivity index (χ0) is 22.5. The Morgan fingerprint density at radius 3 is 2.53 bits per heavy atom. The Labute approximate surface area is 191 Å². The molecule has 2 heterocycles. The smallest absolute Gasteiger partial charge is 0.227 e. The Bertz CT molecular complexity index is 1280. The summed E-state index contributed by atoms with van der Waals surface area (Å²) in [5.74, 6) is 1.71. The molecule has 0 aliphatic rings. The molecule has 7 nitrogen and oxygen atoms in total. The minimum atomic E-state index is -0.158. The van der Waals surface area contributed by atoms with Gasteiger partial charge in [-0.2, -0.15) is 5.10 Å². The fourth-order valence-corrected chi connectivity index (χ4v) is 3.66. The predicted molar refractivity (Wildman–Crippen MR) is 127 cm³/mol. The number of anilines is 1. The molecular weight excluding hydrogens is 422 g/mol. The molecule has 2 aromatic heterocycles. The number of carbonyl (C=O) groups is 1. The summed E-state index contributed by atoms with van der Waals surface area (Å²) in [5.41, 5.74) is 2.86. The first-order valence-corrected chi connectivity index (χ1v) is 10.6. The zero-order valence-electron chi connectivity index (χ0n) is 17.9. The molecule has 0 bridgehead atoms. The SMILES string of the molecule is COc1ccccc1-c1nn(CCC(=O)Nc2ccccn2)c(=S)n1-c1ccc(C)cc1. The number of hydrogen-bond donors (Lipinski definition) is 1. The van der Waals surface area contributed by atoms with Crippen LogP contribution in [0.4, 0.5) is 5.82 Å². The lowest BCUT2D eigenvalue weighted by Gasteiger charge is -2.10. The van der Waals surface area contributed by atoms with Crippen molar-refractivity contribution in [3.8, 4) is 22.8 Å². The van der Waals surface area contributed by atoms with Crippen LogP contribution in [0.1, 0.15) is 12.0 Å². The highest BCUT2D eigenvalue weighted by atomic mass is 32.1. The normalized spacial score (nSPS) is 10.7. The number of hydrogen-bond acceptors (Lipinski definition) is 5. The molecule has 0 aliphatic carbocycles. The van der Waals surface area contributed by atoms with E-state index in [0.29, 0.717) is 28.7 Å². The summed E-state index contributed by atoms with van der Waals surface area (Å²) < 4.78 is 9.64. The fraction of sp³-hybridized carbons (Fsp3) is 0.167. The number of rotatable bonds is 7. The van der Waals surface area contributed by atoms with Gasteiger partial charge in [0.05, 0.1) is 19.2 Å². The highest BCUT2D eigenvalue weighted by Crippen LogP contribution is 2.30. The summed E-state index contributed by atoms with van der Waals surface area (Å²) in [6.45, 7) is 2.37. The summed E-state index contributed by atoms with van der Waals surface area (Å²) in [4.78, 5) is 16.5. The van der Waals surface area contributed by atoms with Crippen LogP contribution in [0.25, 0.3) is 17.1 Å². The molecule has 0 saturated heterocycles. The molecule has 8 heteroatoms. The second-order valence-electron chi connectivity index (χ2n) is 7.21. The molecule has 0 spiro atoms. The number of aromatic nitrogens is 4. The highest BCUT2D eigenvalue weighted by molar-refractivity contribution is 7.71. The number of para-hydroxylation sites is 1. The number of amides is 1. The van der Waals surface area contributed by atoms with Crippen LogP contribution in [0, 0.1) is 11.7 Å². The molecule has 2 aromatic carbocycles. The number of aryl methyl sites for hydroxylation is 2. The van der Waals surface area contributed by atoms with Gasteiger partial charge >= 0.3 is 0 Å². The summed E-state index contributed by atoms with van der Waals surface area (Å²) in [7, 11) is 1.63. The number of methoxy groups -OCH3 is 1. The standard InChI is InChI=1S/C24H23N5O2S/c1-17-10-12-18(13-11-17)29-23(19-7-3-4-8-20(19)31-2)27-28(24(29)32)16-14-22(30)26-21-9-5-6-15-25-21/h3-13,15H,14,16H2,1-2H3,(H,25,26,30). The summed E-state index contributed by atoms with van der Waals surface area (Å²) in [6, 6.07) is 21.1. The van der Waals surface area contributed by atoms with Gasteiger partial charge in [0.25, 0.3) is 0 Å². The molecule has 1 N–H and O–H groups in total. The van der Waals surface area contributed by atoms with Crippen molar-refractivity contribution in [2.45, 2.75) is 19.9 Å². The minimum absolute atomic E-state index is 0.158. The van der Waals surface area contributed by atoms with Gasteiger partial charge in [-0.1, -0.05) is 35.9 Å². The van der Waals surface area contributed by atoms with Crippen molar-refractivity contribution in [1.29, 1.82) is 0 Å². The van der Waals surface area contributed by atoms with Crippen LogP contribution in [0.15, 0.2) is 72.9 Å². The van der Waals surface area contributed by atoms with E-state index in [0.717, 1.165) is 16.8 Å². The van der Waals surface area contributed by atoms with E-state index in [1.807, 2.05) is 66.1 Å². The molecule has 162 valence electrons. The Kier molecular flexibility index (Phi) is 6.42. The second-order valence-corrected chi connectivity index (χ2v) is 7.58. The van der Waals surface area contributed by atoms with Gasteiger partial charge in [-0.05, 0) is 55.5 Å². The van der Waals surface area contributed by atoms with Crippen molar-refractivity contribution in [1.82, 2.24) is 19.3 Å². The minimum Gasteiger partial charge on any atom is -0.496 e. The maximum Gasteiger partial charge on any atom is 0.227 e. The maximum atomic E-state index is 12.4. The molecular formula is C24H23N5O2S. The lowest BCUT2D eigenvalue weighted by Crippen LogP contribution is -2.16. The quantitative estimate of drug-likeness (QED) is 0.413. The first kappa shape index (κ1) is 21.5. The molecule has 0 radical (unpaired) electrons. The lowest BCUT2D eigenvalue weighted by atomic mass is 10.1. The van der Waals surface area contributed by atoms with Crippen LogP contribution in [-0.2, 0) is 11.3 Å². The average molecular weight is 446 g/mol. The van der Waals surface area contributed by atoms with Gasteiger partial charge in [0.2, 0.25) is 10.7 Å². The van der Waals surface area contributed by atoms with Gasteiger partial charge in [-0.15, -0.1) is 0 Å². The third-order valence-electron chi connectivity index (χ3n) is 4.96. The third kappa shape index (κ3) is 4.60. The van der Waals surface area contributed by atoms with Gasteiger partial charge in [-0.3, -0.25) is 9.36 Å². The predicted octanol–water partition coefficient (Wildman–Crippen LogP) is 4.81. The number of ether oxygens (including phenoxy) is 1. The van der Waals surface area contributed by atoms with Gasteiger partial charge in [0.15, 0.2) is 5.82 Å². The van der Waals surface area contributed by atoms with Crippen LogP contribution in [0.5, 0.6) is 5.75 Å². The van der Waals surface area contributed by atoms with Crippen molar-refractivity contribution in [3.63, 3.8) is 0 Å². The van der Waals surface area contributed by atoms with Crippen LogP contribution >= 0.6 is 12.2 Å². The first-order valence-electron chi connectivity index (χ1n) is 10.2. The van der Waals surface area contributed by atoms with Gasteiger partial charge in [0.1, 0.15) is 11.6 Å². The van der Waals surface area contributed by atoms with Crippen LogP contribution in [0.2, 0.25) is 0 Å². The summed E-state index contributed by atoms with van der Waals surface area (Å²) in [6.07, 6.45) is 1.84. The Morgan fingerprint density at radius 1 is 1.06 bits per heavy atom. The molecule has 0 saturated carbocycles. The topological polar surface area (TPSA) is 74.0 Å². The van der Waals surface area contributed by atoms with E-state index in [4.69, 9.17) is 22.1 Å². The molecule has 4 aromatic rings. The molecule has 32 heavy (non-hydrogen) atoms. The second kappa shape index (κ2) is 9.57. The number of nitrogens with one attached hydrogen (secondary N) is 1. The molecule has 0 fully saturated rings. The number of carbonyl (C=O) groups excluding carboxylic acids is 1. The van der Waals surface area contributed by atoms with Crippen molar-refractivity contribution in [3.05, 3.63) is 83.3 Å². The number of benzene rings is 2. The molecule has 4 rings (SSSR count). The maximum absolute atomic E-state index is 12.4. The van der Waals surface area contributed by atoms with E-state index in [9.17, 15) is 4.79 Å². The van der Waals surface area contributed by atoms with Crippen molar-refractivity contribution >= 4 is 23.9 Å². The Morgan fingerprint density at radius 2 is 1.81 bits per heavy atom. The third-order valence-corrected chi connectivity index (χ3v) is 5.36. The Hall–Kier alpha value is -3.78. The van der Waals surface area contributed by atoms with Gasteiger partial charge < -0.3 is 10.1 Å². The van der Waals surface area contributed by atoms with Crippen LogP contribution in [-0.4, -0.2) is 32.3 Å². The van der Waals surface area contributed by atoms with E-state index in [2.05, 4.69) is 10.3 Å².